The second-order valence-corrected chi connectivity index (χ2v) is 5.60. The molecular weight excluding hydrogens is 274 g/mol. The molecule has 1 aromatic heterocycles. The Balaban J connectivity index is 1.61. The maximum absolute atomic E-state index is 5.96. The molecule has 0 bridgehead atoms. The van der Waals surface area contributed by atoms with Crippen LogP contribution in [0.4, 0.5) is 5.69 Å². The summed E-state index contributed by atoms with van der Waals surface area (Å²) in [4.78, 5) is 0. The molecule has 2 N–H and O–H groups in total. The van der Waals surface area contributed by atoms with Crippen molar-refractivity contribution in [3.05, 3.63) is 41.2 Å². The Morgan fingerprint density at radius 2 is 2.10 bits per heavy atom. The van der Waals surface area contributed by atoms with Gasteiger partial charge in [0.15, 0.2) is 0 Å². The molecule has 1 aliphatic rings. The van der Waals surface area contributed by atoms with E-state index in [1.165, 1.54) is 25.7 Å². The zero-order valence-electron chi connectivity index (χ0n) is 11.3. The topological polar surface area (TPSA) is 53.1 Å². The third-order valence-electron chi connectivity index (χ3n) is 3.72. The SMILES string of the molecule is Nc1ccc(OCc2ccn(C3CCCC3)n2)cc1Cl. The van der Waals surface area contributed by atoms with Gasteiger partial charge in [0.2, 0.25) is 0 Å². The molecule has 106 valence electrons. The van der Waals surface area contributed by atoms with Crippen molar-refractivity contribution in [3.63, 3.8) is 0 Å². The second-order valence-electron chi connectivity index (χ2n) is 5.20. The average Bonchev–Trinajstić information content (AvgIpc) is 3.09. The quantitative estimate of drug-likeness (QED) is 0.872. The van der Waals surface area contributed by atoms with Gasteiger partial charge < -0.3 is 10.5 Å². The van der Waals surface area contributed by atoms with Crippen molar-refractivity contribution in [3.8, 4) is 5.75 Å². The molecule has 1 saturated carbocycles. The minimum Gasteiger partial charge on any atom is -0.487 e. The Morgan fingerprint density at radius 3 is 2.85 bits per heavy atom. The summed E-state index contributed by atoms with van der Waals surface area (Å²) in [6.07, 6.45) is 7.12. The van der Waals surface area contributed by atoms with Crippen LogP contribution in [0.1, 0.15) is 37.4 Å². The van der Waals surface area contributed by atoms with Crippen LogP contribution in [-0.2, 0) is 6.61 Å². The second kappa shape index (κ2) is 5.75. The van der Waals surface area contributed by atoms with E-state index >= 15 is 0 Å². The third kappa shape index (κ3) is 2.90. The van der Waals surface area contributed by atoms with Crippen molar-refractivity contribution in [2.24, 2.45) is 0 Å². The van der Waals surface area contributed by atoms with Gasteiger partial charge in [-0.3, -0.25) is 4.68 Å². The van der Waals surface area contributed by atoms with E-state index in [2.05, 4.69) is 9.78 Å². The van der Waals surface area contributed by atoms with E-state index < -0.39 is 0 Å². The van der Waals surface area contributed by atoms with E-state index in [1.807, 2.05) is 18.3 Å². The number of halogens is 1. The van der Waals surface area contributed by atoms with Crippen molar-refractivity contribution >= 4 is 17.3 Å². The monoisotopic (exact) mass is 291 g/mol. The van der Waals surface area contributed by atoms with E-state index in [4.69, 9.17) is 22.1 Å². The number of hydrogen-bond donors (Lipinski definition) is 1. The third-order valence-corrected chi connectivity index (χ3v) is 4.05. The molecule has 1 aromatic carbocycles. The molecule has 0 atom stereocenters. The average molecular weight is 292 g/mol. The molecule has 1 aliphatic carbocycles. The highest BCUT2D eigenvalue weighted by molar-refractivity contribution is 6.33. The van der Waals surface area contributed by atoms with Gasteiger partial charge in [-0.05, 0) is 31.0 Å². The Bertz CT molecular complexity index is 591. The first-order chi connectivity index (χ1) is 9.72. The molecular formula is C15H18ClN3O. The number of rotatable bonds is 4. The normalized spacial score (nSPS) is 15.7. The smallest absolute Gasteiger partial charge is 0.132 e. The number of nitrogen functional groups attached to an aromatic ring is 1. The highest BCUT2D eigenvalue weighted by atomic mass is 35.5. The molecule has 0 unspecified atom stereocenters. The van der Waals surface area contributed by atoms with E-state index in [-0.39, 0.29) is 0 Å². The molecule has 0 saturated heterocycles. The lowest BCUT2D eigenvalue weighted by Gasteiger charge is -2.09. The number of aromatic nitrogens is 2. The molecule has 0 amide bonds. The van der Waals surface area contributed by atoms with Crippen LogP contribution in [0.25, 0.3) is 0 Å². The zero-order chi connectivity index (χ0) is 13.9. The fourth-order valence-corrected chi connectivity index (χ4v) is 2.75. The Morgan fingerprint density at radius 1 is 1.30 bits per heavy atom. The lowest BCUT2D eigenvalue weighted by Crippen LogP contribution is -2.06. The molecule has 3 rings (SSSR count). The summed E-state index contributed by atoms with van der Waals surface area (Å²) in [6.45, 7) is 0.444. The molecule has 5 heteroatoms. The molecule has 1 fully saturated rings. The Hall–Kier alpha value is -1.68. The van der Waals surface area contributed by atoms with Crippen molar-refractivity contribution in [1.29, 1.82) is 0 Å². The fourth-order valence-electron chi connectivity index (χ4n) is 2.58. The van der Waals surface area contributed by atoms with Gasteiger partial charge in [0.25, 0.3) is 0 Å². The summed E-state index contributed by atoms with van der Waals surface area (Å²) in [5.41, 5.74) is 7.16. The highest BCUT2D eigenvalue weighted by Gasteiger charge is 2.17. The number of benzene rings is 1. The molecule has 4 nitrogen and oxygen atoms in total. The first-order valence-electron chi connectivity index (χ1n) is 6.94. The van der Waals surface area contributed by atoms with E-state index in [9.17, 15) is 0 Å². The predicted molar refractivity (Wildman–Crippen MR) is 79.9 cm³/mol. The van der Waals surface area contributed by atoms with E-state index in [0.717, 1.165) is 5.69 Å². The number of ether oxygens (including phenoxy) is 1. The van der Waals surface area contributed by atoms with Crippen LogP contribution in [0.15, 0.2) is 30.5 Å². The van der Waals surface area contributed by atoms with Crippen LogP contribution in [-0.4, -0.2) is 9.78 Å². The minimum atomic E-state index is 0.444. The van der Waals surface area contributed by atoms with Gasteiger partial charge in [0.05, 0.1) is 22.4 Å². The van der Waals surface area contributed by atoms with Crippen molar-refractivity contribution in [2.75, 3.05) is 5.73 Å². The molecule has 1 heterocycles. The van der Waals surface area contributed by atoms with Crippen LogP contribution in [0.5, 0.6) is 5.75 Å². The van der Waals surface area contributed by atoms with E-state index in [1.54, 1.807) is 12.1 Å². The number of nitrogens with two attached hydrogens (primary N) is 1. The van der Waals surface area contributed by atoms with Crippen molar-refractivity contribution in [1.82, 2.24) is 9.78 Å². The molecule has 2 aromatic rings. The van der Waals surface area contributed by atoms with Crippen LogP contribution in [0, 0.1) is 0 Å². The first kappa shape index (κ1) is 13.3. The molecule has 0 aliphatic heterocycles. The summed E-state index contributed by atoms with van der Waals surface area (Å²) in [6, 6.07) is 7.86. The van der Waals surface area contributed by atoms with Gasteiger partial charge in [-0.2, -0.15) is 5.10 Å². The maximum atomic E-state index is 5.96. The van der Waals surface area contributed by atoms with Crippen LogP contribution < -0.4 is 10.5 Å². The summed E-state index contributed by atoms with van der Waals surface area (Å²) >= 11 is 5.96. The van der Waals surface area contributed by atoms with Crippen molar-refractivity contribution in [2.45, 2.75) is 38.3 Å². The van der Waals surface area contributed by atoms with Gasteiger partial charge in [-0.1, -0.05) is 24.4 Å². The maximum Gasteiger partial charge on any atom is 0.132 e. The summed E-state index contributed by atoms with van der Waals surface area (Å²) in [7, 11) is 0. The molecule has 0 radical (unpaired) electrons. The van der Waals surface area contributed by atoms with Crippen LogP contribution >= 0.6 is 11.6 Å². The Kier molecular flexibility index (Phi) is 3.83. The lowest BCUT2D eigenvalue weighted by atomic mass is 10.3. The van der Waals surface area contributed by atoms with Crippen LogP contribution in [0.3, 0.4) is 0 Å². The molecule has 0 spiro atoms. The number of hydrogen-bond acceptors (Lipinski definition) is 3. The van der Waals surface area contributed by atoms with Crippen LogP contribution in [0.2, 0.25) is 5.02 Å². The fraction of sp³-hybridized carbons (Fsp3) is 0.400. The van der Waals surface area contributed by atoms with Gasteiger partial charge >= 0.3 is 0 Å². The lowest BCUT2D eigenvalue weighted by molar-refractivity contribution is 0.298. The highest BCUT2D eigenvalue weighted by Crippen LogP contribution is 2.29. The van der Waals surface area contributed by atoms with Gasteiger partial charge in [0.1, 0.15) is 12.4 Å². The first-order valence-corrected chi connectivity index (χ1v) is 7.32. The number of anilines is 1. The summed E-state index contributed by atoms with van der Waals surface area (Å²) < 4.78 is 7.76. The van der Waals surface area contributed by atoms with Gasteiger partial charge in [-0.25, -0.2) is 0 Å². The van der Waals surface area contributed by atoms with E-state index in [0.29, 0.717) is 29.1 Å². The summed E-state index contributed by atoms with van der Waals surface area (Å²) in [5, 5.41) is 5.09. The van der Waals surface area contributed by atoms with Crippen molar-refractivity contribution < 1.29 is 4.74 Å². The van der Waals surface area contributed by atoms with Gasteiger partial charge in [0, 0.05) is 12.3 Å². The zero-order valence-corrected chi connectivity index (χ0v) is 12.0. The molecule has 20 heavy (non-hydrogen) atoms. The Labute approximate surface area is 123 Å². The summed E-state index contributed by atoms with van der Waals surface area (Å²) in [5.74, 6) is 0.708. The largest absolute Gasteiger partial charge is 0.487 e. The predicted octanol–water partition coefficient (Wildman–Crippen LogP) is 3.81. The van der Waals surface area contributed by atoms with Gasteiger partial charge in [-0.15, -0.1) is 0 Å². The standard InChI is InChI=1S/C15H18ClN3O/c16-14-9-13(5-6-15(14)17)20-10-11-7-8-19(18-11)12-3-1-2-4-12/h5-9,12H,1-4,10,17H2. The minimum absolute atomic E-state index is 0.444. The number of nitrogens with zero attached hydrogens (tertiary/aromatic N) is 2.